The van der Waals surface area contributed by atoms with E-state index in [2.05, 4.69) is 0 Å². The summed E-state index contributed by atoms with van der Waals surface area (Å²) in [5, 5.41) is 0. The van der Waals surface area contributed by atoms with Gasteiger partial charge in [-0.3, -0.25) is 4.79 Å². The van der Waals surface area contributed by atoms with Crippen molar-refractivity contribution in [2.75, 3.05) is 13.7 Å². The average Bonchev–Trinajstić information content (AvgIpc) is 3.12. The number of ketones is 1. The number of carbonyl (C=O) groups is 2. The van der Waals surface area contributed by atoms with Gasteiger partial charge in [-0.05, 0) is 41.5 Å². The summed E-state index contributed by atoms with van der Waals surface area (Å²) in [5.74, 6) is 1.06. The summed E-state index contributed by atoms with van der Waals surface area (Å²) in [6, 6.07) is 21.5. The number of hydrogen-bond acceptors (Lipinski definition) is 6. The van der Waals surface area contributed by atoms with Crippen LogP contribution in [0.4, 0.5) is 0 Å². The minimum Gasteiger partial charge on any atom is -0.497 e. The van der Waals surface area contributed by atoms with Crippen molar-refractivity contribution in [3.63, 3.8) is 0 Å². The van der Waals surface area contributed by atoms with Crippen LogP contribution in [0.15, 0.2) is 78.6 Å². The number of esters is 1. The molecule has 1 heterocycles. The molecule has 0 bridgehead atoms. The second kappa shape index (κ2) is 9.17. The van der Waals surface area contributed by atoms with Gasteiger partial charge in [0.15, 0.2) is 12.4 Å². The van der Waals surface area contributed by atoms with Gasteiger partial charge in [-0.15, -0.1) is 0 Å². The van der Waals surface area contributed by atoms with E-state index in [0.717, 1.165) is 16.9 Å². The lowest BCUT2D eigenvalue weighted by molar-refractivity contribution is -0.147. The highest BCUT2D eigenvalue weighted by Gasteiger charge is 2.27. The lowest BCUT2D eigenvalue weighted by Crippen LogP contribution is -2.14. The fourth-order valence-electron chi connectivity index (χ4n) is 3.03. The molecule has 0 radical (unpaired) electrons. The van der Waals surface area contributed by atoms with E-state index in [0.29, 0.717) is 17.1 Å². The number of carbonyl (C=O) groups excluding carboxylic acids is 2. The van der Waals surface area contributed by atoms with Crippen molar-refractivity contribution in [3.8, 4) is 17.2 Å². The van der Waals surface area contributed by atoms with Crippen LogP contribution in [0.2, 0.25) is 0 Å². The number of rotatable bonds is 7. The standard InChI is InChI=1S/C25H20O6/c1-28-19-9-7-17(8-10-19)13-23-25(27)21-12-11-20(14-22(21)31-23)29-16-24(26)30-15-18-5-3-2-4-6-18/h2-14H,15-16H2,1H3. The minimum atomic E-state index is -0.485. The van der Waals surface area contributed by atoms with Crippen LogP contribution in [-0.4, -0.2) is 25.5 Å². The van der Waals surface area contributed by atoms with Crippen molar-refractivity contribution in [1.29, 1.82) is 0 Å². The number of Topliss-reactive ketones (excluding diaryl/α,β-unsaturated/α-hetero) is 1. The molecule has 4 rings (SSSR count). The molecule has 0 atom stereocenters. The molecule has 0 saturated heterocycles. The molecule has 6 nitrogen and oxygen atoms in total. The quantitative estimate of drug-likeness (QED) is 0.419. The van der Waals surface area contributed by atoms with Gasteiger partial charge in [0, 0.05) is 6.07 Å². The molecular formula is C25H20O6. The third-order valence-corrected chi connectivity index (χ3v) is 4.65. The molecule has 6 heteroatoms. The predicted octanol–water partition coefficient (Wildman–Crippen LogP) is 4.43. The van der Waals surface area contributed by atoms with Crippen molar-refractivity contribution in [1.82, 2.24) is 0 Å². The molecule has 0 fully saturated rings. The molecule has 0 amide bonds. The molecule has 1 aliphatic rings. The van der Waals surface area contributed by atoms with Crippen molar-refractivity contribution < 1.29 is 28.5 Å². The van der Waals surface area contributed by atoms with Gasteiger partial charge < -0.3 is 18.9 Å². The number of hydrogen-bond donors (Lipinski definition) is 0. The molecule has 0 unspecified atom stereocenters. The van der Waals surface area contributed by atoms with E-state index >= 15 is 0 Å². The monoisotopic (exact) mass is 416 g/mol. The zero-order valence-electron chi connectivity index (χ0n) is 16.9. The fraction of sp³-hybridized carbons (Fsp3) is 0.120. The van der Waals surface area contributed by atoms with Gasteiger partial charge in [0.05, 0.1) is 12.7 Å². The smallest absolute Gasteiger partial charge is 0.344 e. The van der Waals surface area contributed by atoms with Gasteiger partial charge in [0.25, 0.3) is 0 Å². The molecular weight excluding hydrogens is 396 g/mol. The first-order chi connectivity index (χ1) is 15.1. The Hall–Kier alpha value is -4.06. The number of allylic oxidation sites excluding steroid dienone is 1. The van der Waals surface area contributed by atoms with Crippen LogP contribution in [0.5, 0.6) is 17.2 Å². The van der Waals surface area contributed by atoms with E-state index in [4.69, 9.17) is 18.9 Å². The topological polar surface area (TPSA) is 71.1 Å². The summed E-state index contributed by atoms with van der Waals surface area (Å²) in [5.41, 5.74) is 2.16. The number of benzene rings is 3. The number of fused-ring (bicyclic) bond motifs is 1. The van der Waals surface area contributed by atoms with Crippen molar-refractivity contribution >= 4 is 17.8 Å². The van der Waals surface area contributed by atoms with E-state index in [-0.39, 0.29) is 24.8 Å². The summed E-state index contributed by atoms with van der Waals surface area (Å²) >= 11 is 0. The van der Waals surface area contributed by atoms with Crippen LogP contribution in [0.1, 0.15) is 21.5 Å². The Labute approximate surface area is 179 Å². The van der Waals surface area contributed by atoms with Crippen LogP contribution in [-0.2, 0) is 16.1 Å². The highest BCUT2D eigenvalue weighted by molar-refractivity contribution is 6.14. The first kappa shape index (κ1) is 20.2. The van der Waals surface area contributed by atoms with E-state index in [1.54, 1.807) is 31.4 Å². The van der Waals surface area contributed by atoms with Crippen LogP contribution in [0, 0.1) is 0 Å². The van der Waals surface area contributed by atoms with Gasteiger partial charge in [0.2, 0.25) is 5.78 Å². The summed E-state index contributed by atoms with van der Waals surface area (Å²) in [6.07, 6.45) is 1.67. The number of ether oxygens (including phenoxy) is 4. The summed E-state index contributed by atoms with van der Waals surface area (Å²) in [4.78, 5) is 24.5. The predicted molar refractivity (Wildman–Crippen MR) is 114 cm³/mol. The molecule has 3 aromatic rings. The van der Waals surface area contributed by atoms with Crippen LogP contribution >= 0.6 is 0 Å². The third-order valence-electron chi connectivity index (χ3n) is 4.65. The van der Waals surface area contributed by atoms with Crippen LogP contribution in [0.3, 0.4) is 0 Å². The highest BCUT2D eigenvalue weighted by Crippen LogP contribution is 2.35. The molecule has 1 aliphatic heterocycles. The van der Waals surface area contributed by atoms with E-state index in [1.807, 2.05) is 54.6 Å². The normalized spacial score (nSPS) is 13.5. The first-order valence-corrected chi connectivity index (χ1v) is 9.67. The SMILES string of the molecule is COc1ccc(C=C2Oc3cc(OCC(=O)OCc4ccccc4)ccc3C2=O)cc1. The van der Waals surface area contributed by atoms with E-state index in [9.17, 15) is 9.59 Å². The van der Waals surface area contributed by atoms with E-state index < -0.39 is 5.97 Å². The minimum absolute atomic E-state index is 0.185. The van der Waals surface area contributed by atoms with Gasteiger partial charge in [0.1, 0.15) is 23.9 Å². The first-order valence-electron chi connectivity index (χ1n) is 9.67. The third kappa shape index (κ3) is 4.93. The second-order valence-corrected chi connectivity index (χ2v) is 6.81. The Morgan fingerprint density at radius 3 is 2.45 bits per heavy atom. The Bertz CT molecular complexity index is 1120. The molecule has 156 valence electrons. The summed E-state index contributed by atoms with van der Waals surface area (Å²) in [6.45, 7) is -0.0571. The molecule has 0 saturated carbocycles. The average molecular weight is 416 g/mol. The largest absolute Gasteiger partial charge is 0.497 e. The fourth-order valence-corrected chi connectivity index (χ4v) is 3.03. The Morgan fingerprint density at radius 2 is 1.71 bits per heavy atom. The summed E-state index contributed by atoms with van der Waals surface area (Å²) in [7, 11) is 1.59. The lowest BCUT2D eigenvalue weighted by atomic mass is 10.1. The molecule has 0 aromatic heterocycles. The van der Waals surface area contributed by atoms with E-state index in [1.165, 1.54) is 0 Å². The molecule has 31 heavy (non-hydrogen) atoms. The lowest BCUT2D eigenvalue weighted by Gasteiger charge is -2.08. The van der Waals surface area contributed by atoms with Crippen molar-refractivity contribution in [2.45, 2.75) is 6.61 Å². The maximum Gasteiger partial charge on any atom is 0.344 e. The molecule has 0 N–H and O–H groups in total. The molecule has 3 aromatic carbocycles. The van der Waals surface area contributed by atoms with Crippen LogP contribution in [0.25, 0.3) is 6.08 Å². The summed E-state index contributed by atoms with van der Waals surface area (Å²) < 4.78 is 21.5. The second-order valence-electron chi connectivity index (χ2n) is 6.81. The zero-order chi connectivity index (χ0) is 21.6. The van der Waals surface area contributed by atoms with Gasteiger partial charge >= 0.3 is 5.97 Å². The number of methoxy groups -OCH3 is 1. The van der Waals surface area contributed by atoms with Gasteiger partial charge in [-0.25, -0.2) is 4.79 Å². The van der Waals surface area contributed by atoms with Gasteiger partial charge in [-0.2, -0.15) is 0 Å². The molecule has 0 spiro atoms. The van der Waals surface area contributed by atoms with Crippen molar-refractivity contribution in [3.05, 3.63) is 95.2 Å². The highest BCUT2D eigenvalue weighted by atomic mass is 16.6. The maximum atomic E-state index is 12.6. The van der Waals surface area contributed by atoms with Crippen LogP contribution < -0.4 is 14.2 Å². The zero-order valence-corrected chi connectivity index (χ0v) is 16.9. The molecule has 0 aliphatic carbocycles. The Balaban J connectivity index is 1.36. The van der Waals surface area contributed by atoms with Gasteiger partial charge in [-0.1, -0.05) is 42.5 Å². The van der Waals surface area contributed by atoms with Crippen molar-refractivity contribution in [2.24, 2.45) is 0 Å². The Kier molecular flexibility index (Phi) is 5.98. The maximum absolute atomic E-state index is 12.6. The Morgan fingerprint density at radius 1 is 0.968 bits per heavy atom.